The molecule has 130 valence electrons. The quantitative estimate of drug-likeness (QED) is 0.346. The van der Waals surface area contributed by atoms with Gasteiger partial charge in [-0.3, -0.25) is 4.79 Å². The molecule has 0 heterocycles. The van der Waals surface area contributed by atoms with Crippen molar-refractivity contribution in [2.45, 2.75) is 71.5 Å². The molecule has 0 fully saturated rings. The molecule has 7 heteroatoms. The fraction of sp³-hybridized carbons (Fsp3) is 0.800. The number of rotatable bonds is 11. The third kappa shape index (κ3) is 9.73. The van der Waals surface area contributed by atoms with Crippen LogP contribution in [0, 0.1) is 0 Å². The molecule has 0 aromatic rings. The fourth-order valence-corrected chi connectivity index (χ4v) is 10.8. The first-order valence-corrected chi connectivity index (χ1v) is 16.3. The lowest BCUT2D eigenvalue weighted by Gasteiger charge is -2.33. The van der Waals surface area contributed by atoms with Crippen molar-refractivity contribution in [1.29, 1.82) is 0 Å². The maximum atomic E-state index is 11.5. The zero-order valence-electron chi connectivity index (χ0n) is 15.5. The average Bonchev–Trinajstić information content (AvgIpc) is 2.42. The van der Waals surface area contributed by atoms with Gasteiger partial charge in [0, 0.05) is 12.1 Å². The van der Waals surface area contributed by atoms with Crippen molar-refractivity contribution < 1.29 is 13.0 Å². The first-order valence-electron chi connectivity index (χ1n) is 8.32. The van der Waals surface area contributed by atoms with Crippen LogP contribution >= 0.6 is 0 Å². The molecule has 0 atom stereocenters. The predicted molar refractivity (Wildman–Crippen MR) is 102 cm³/mol. The molecule has 0 saturated heterocycles. The van der Waals surface area contributed by atoms with Crippen LogP contribution in [0.1, 0.15) is 27.2 Å². The van der Waals surface area contributed by atoms with Crippen LogP contribution in [0.15, 0.2) is 12.2 Å². The van der Waals surface area contributed by atoms with Crippen LogP contribution in [0.25, 0.3) is 0 Å². The topological polar surface area (TPSA) is 47.6 Å². The normalized spacial score (nSPS) is 12.5. The van der Waals surface area contributed by atoms with E-state index in [0.29, 0.717) is 12.1 Å². The van der Waals surface area contributed by atoms with Crippen molar-refractivity contribution in [3.05, 3.63) is 12.2 Å². The Kier molecular flexibility index (Phi) is 9.72. The smallest absolute Gasteiger partial charge is 0.300 e. The highest BCUT2D eigenvalue weighted by atomic mass is 28.4. The van der Waals surface area contributed by atoms with E-state index in [9.17, 15) is 4.79 Å². The van der Waals surface area contributed by atoms with E-state index in [-0.39, 0.29) is 5.91 Å². The molecule has 4 nitrogen and oxygen atoms in total. The highest BCUT2D eigenvalue weighted by molar-refractivity contribution is 6.81. The van der Waals surface area contributed by atoms with Crippen molar-refractivity contribution in [2.75, 3.05) is 6.54 Å². The summed E-state index contributed by atoms with van der Waals surface area (Å²) < 4.78 is 12.9. The lowest BCUT2D eigenvalue weighted by atomic mass is 10.3. The Morgan fingerprint density at radius 3 is 1.91 bits per heavy atom. The second-order valence-corrected chi connectivity index (χ2v) is 18.8. The van der Waals surface area contributed by atoms with Crippen LogP contribution in [0.4, 0.5) is 0 Å². The highest BCUT2D eigenvalue weighted by Crippen LogP contribution is 2.20. The van der Waals surface area contributed by atoms with Crippen molar-refractivity contribution in [3.63, 3.8) is 0 Å². The van der Waals surface area contributed by atoms with Gasteiger partial charge in [0.2, 0.25) is 5.91 Å². The van der Waals surface area contributed by atoms with Gasteiger partial charge in [0.1, 0.15) is 0 Å². The Balaban J connectivity index is 4.47. The van der Waals surface area contributed by atoms with Crippen LogP contribution in [0.3, 0.4) is 0 Å². The summed E-state index contributed by atoms with van der Waals surface area (Å²) in [5.74, 6) is -0.0634. The minimum atomic E-state index is -1.66. The largest absolute Gasteiger partial charge is 0.439 e. The molecular weight excluding hydrogens is 326 g/mol. The van der Waals surface area contributed by atoms with Gasteiger partial charge in [0.05, 0.1) is 0 Å². The molecular formula is C15H35NO3Si3. The van der Waals surface area contributed by atoms with Gasteiger partial charge in [0.25, 0.3) is 0 Å². The van der Waals surface area contributed by atoms with Crippen LogP contribution < -0.4 is 5.32 Å². The van der Waals surface area contributed by atoms with Crippen molar-refractivity contribution in [3.8, 4) is 0 Å². The SMILES string of the molecule is C=C(C)C(=O)NCCC[SiH](O[Si](C)(C)CC)O[Si](C)(C)CC. The molecule has 0 aliphatic heterocycles. The number of nitrogens with one attached hydrogen (secondary N) is 1. The number of carbonyl (C=O) groups is 1. The molecule has 1 N–H and O–H groups in total. The molecule has 1 amide bonds. The third-order valence-electron chi connectivity index (χ3n) is 3.89. The monoisotopic (exact) mass is 361 g/mol. The van der Waals surface area contributed by atoms with Crippen LogP contribution in [0.5, 0.6) is 0 Å². The van der Waals surface area contributed by atoms with Gasteiger partial charge in [-0.25, -0.2) is 0 Å². The van der Waals surface area contributed by atoms with Crippen molar-refractivity contribution in [1.82, 2.24) is 5.32 Å². The second-order valence-electron chi connectivity index (χ2n) is 7.07. The Bertz CT molecular complexity index is 355. The summed E-state index contributed by atoms with van der Waals surface area (Å²) in [6.07, 6.45) is 0.915. The Morgan fingerprint density at radius 1 is 1.09 bits per heavy atom. The van der Waals surface area contributed by atoms with Gasteiger partial charge >= 0.3 is 9.28 Å². The molecule has 0 saturated carbocycles. The Hall–Kier alpha value is -0.219. The summed E-state index contributed by atoms with van der Waals surface area (Å²) in [4.78, 5) is 11.5. The number of hydrogen-bond donors (Lipinski definition) is 1. The average molecular weight is 362 g/mol. The highest BCUT2D eigenvalue weighted by Gasteiger charge is 2.31. The lowest BCUT2D eigenvalue weighted by Crippen LogP contribution is -2.45. The summed E-state index contributed by atoms with van der Waals surface area (Å²) in [6.45, 7) is 19.5. The van der Waals surface area contributed by atoms with Crippen molar-refractivity contribution in [2.24, 2.45) is 0 Å². The molecule has 0 aromatic heterocycles. The van der Waals surface area contributed by atoms with E-state index in [1.807, 2.05) is 0 Å². The van der Waals surface area contributed by atoms with Gasteiger partial charge in [0.15, 0.2) is 16.6 Å². The minimum Gasteiger partial charge on any atom is -0.439 e. The number of carbonyl (C=O) groups excluding carboxylic acids is 1. The van der Waals surface area contributed by atoms with Crippen LogP contribution in [0.2, 0.25) is 44.3 Å². The zero-order valence-corrected chi connectivity index (χ0v) is 18.7. The molecule has 0 rings (SSSR count). The Morgan fingerprint density at radius 2 is 1.55 bits per heavy atom. The maximum Gasteiger partial charge on any atom is 0.300 e. The van der Waals surface area contributed by atoms with Gasteiger partial charge in [-0.1, -0.05) is 20.4 Å². The van der Waals surface area contributed by atoms with Gasteiger partial charge in [-0.2, -0.15) is 0 Å². The standard InChI is InChI=1S/C15H35NO3Si3/c1-9-21(5,6)18-20(19-22(7,8)10-2)13-11-12-16-15(17)14(3)4/h20H,3,9-13H2,1-2,4-8H3,(H,16,17). The molecule has 0 radical (unpaired) electrons. The Labute approximate surface area is 140 Å². The van der Waals surface area contributed by atoms with Gasteiger partial charge in [-0.15, -0.1) is 0 Å². The summed E-state index contributed by atoms with van der Waals surface area (Å²) in [6, 6.07) is 3.18. The summed E-state index contributed by atoms with van der Waals surface area (Å²) in [5.41, 5.74) is 0.556. The van der Waals surface area contributed by atoms with Crippen molar-refractivity contribution >= 4 is 31.8 Å². The molecule has 0 spiro atoms. The van der Waals surface area contributed by atoms with Gasteiger partial charge in [-0.05, 0) is 57.7 Å². The van der Waals surface area contributed by atoms with E-state index >= 15 is 0 Å². The van der Waals surface area contributed by atoms with E-state index in [1.165, 1.54) is 0 Å². The van der Waals surface area contributed by atoms with Gasteiger partial charge < -0.3 is 13.5 Å². The molecule has 0 unspecified atom stereocenters. The molecule has 0 bridgehead atoms. The minimum absolute atomic E-state index is 0.0634. The number of amides is 1. The zero-order chi connectivity index (χ0) is 17.4. The molecule has 0 aromatic carbocycles. The first-order chi connectivity index (χ1) is 10.0. The maximum absolute atomic E-state index is 11.5. The van der Waals surface area contributed by atoms with Crippen LogP contribution in [-0.2, 0) is 13.0 Å². The lowest BCUT2D eigenvalue weighted by molar-refractivity contribution is -0.117. The predicted octanol–water partition coefficient (Wildman–Crippen LogP) is 3.77. The summed E-state index contributed by atoms with van der Waals surface area (Å²) in [7, 11) is -4.85. The van der Waals surface area contributed by atoms with E-state index in [4.69, 9.17) is 8.23 Å². The summed E-state index contributed by atoms with van der Waals surface area (Å²) >= 11 is 0. The molecule has 22 heavy (non-hydrogen) atoms. The first kappa shape index (κ1) is 21.8. The molecule has 0 aliphatic carbocycles. The molecule has 0 aliphatic rings. The van der Waals surface area contributed by atoms with E-state index in [0.717, 1.165) is 24.6 Å². The fourth-order valence-electron chi connectivity index (χ4n) is 1.64. The summed E-state index contributed by atoms with van der Waals surface area (Å²) in [5, 5.41) is 2.89. The third-order valence-corrected chi connectivity index (χ3v) is 15.4. The van der Waals surface area contributed by atoms with Crippen LogP contribution in [-0.4, -0.2) is 38.4 Å². The number of hydrogen-bond acceptors (Lipinski definition) is 3. The van der Waals surface area contributed by atoms with E-state index in [1.54, 1.807) is 6.92 Å². The van der Waals surface area contributed by atoms with E-state index in [2.05, 4.69) is 51.9 Å². The second kappa shape index (κ2) is 9.82. The van der Waals surface area contributed by atoms with E-state index < -0.39 is 25.9 Å².